The predicted molar refractivity (Wildman–Crippen MR) is 606 cm³/mol. The molecule has 1 N–H and O–H groups in total. The van der Waals surface area contributed by atoms with E-state index in [0.717, 1.165) is 22.2 Å². The van der Waals surface area contributed by atoms with Crippen LogP contribution in [-0.2, 0) is 4.74 Å². The first-order valence-electron chi connectivity index (χ1n) is 47.8. The Morgan fingerprint density at radius 2 is 0.414 bits per heavy atom. The number of thiol groups is 1. The number of aryl methyl sites for hydroxylation is 8. The number of fused-ring (bicyclic) bond motifs is 24. The molecular weight excluding hydrogens is 1860 g/mol. The summed E-state index contributed by atoms with van der Waals surface area (Å²) >= 11 is 10.4. The fourth-order valence-electron chi connectivity index (χ4n) is 21.4. The van der Waals surface area contributed by atoms with Crippen molar-refractivity contribution in [2.24, 2.45) is 4.30 Å². The van der Waals surface area contributed by atoms with Gasteiger partial charge >= 0.3 is 24.8 Å². The van der Waals surface area contributed by atoms with E-state index in [1.54, 1.807) is 0 Å². The molecule has 0 unspecified atom stereocenters. The van der Waals surface area contributed by atoms with Gasteiger partial charge in [-0.25, -0.2) is 0 Å². The Labute approximate surface area is 835 Å². The number of aromatic amines is 1. The van der Waals surface area contributed by atoms with Gasteiger partial charge in [-0.2, -0.15) is 0 Å². The fourth-order valence-corrected chi connectivity index (χ4v) is 22.1. The van der Waals surface area contributed by atoms with Crippen LogP contribution in [0.3, 0.4) is 0 Å². The van der Waals surface area contributed by atoms with Crippen molar-refractivity contribution in [2.75, 3.05) is 13.2 Å². The SMILES string of the molecule is C1CCOC1.Cc1ccc(-n2c3ccc(-n4c5ccccc5c5cc(C)ccc54)cc3c3cc(-n4c5ccccc5c5cc(C)ccc54)ccc32)cc1.Cc1ccc(-n2c3ccc(-n4c5ccccc5c5cc(C)ccc54)cc3c3cc(-n4c5ccccc5c5cc(C)ccc54)ccc32)cc1.Cc1ccc(-n2c3ccc(Br)cc3c3cc(Br)ccc32)cc1.Cc1ccc2[nH]c3ccccc3c2c1.[B]=NS. The first-order chi connectivity index (χ1) is 68.4. The molecule has 28 rings (SSSR count). The number of benzene rings is 19. The summed E-state index contributed by atoms with van der Waals surface area (Å²) < 4.78 is 26.7. The van der Waals surface area contributed by atoms with Crippen LogP contribution >= 0.6 is 44.7 Å². The quantitative estimate of drug-likeness (QED) is 0.121. The van der Waals surface area contributed by atoms with E-state index in [1.807, 2.05) is 0 Å². The number of hydrogen-bond donors (Lipinski definition) is 2. The second kappa shape index (κ2) is 36.9. The van der Waals surface area contributed by atoms with Gasteiger partial charge in [-0.05, 0) is 305 Å². The topological polar surface area (TPSA) is 71.9 Å². The molecule has 19 aromatic carbocycles. The van der Waals surface area contributed by atoms with E-state index in [9.17, 15) is 0 Å². The van der Waals surface area contributed by atoms with Crippen LogP contribution in [-0.4, -0.2) is 57.8 Å². The summed E-state index contributed by atoms with van der Waals surface area (Å²) in [5.41, 5.74) is 37.8. The molecule has 10 nitrogen and oxygen atoms in total. The standard InChI is InChI=1S/2C45H33N3.C19H13Br2N.C13H11N.C4H8O.BHNS/c2*1-28-12-16-31(17-13-28)46-44-22-18-32(47-40-10-6-4-8-34(40)36-24-29(2)14-20-42(36)47)26-38(44)39-27-33(19-23-45(39)46)48-41-11-7-5-9-35(41)37-25-30(3)15-21-43(37)48;1-12-2-6-15(7-3-12)22-18-8-4-13(20)10-16(18)17-11-14(21)5-9-19(17)22;1-9-6-7-13-11(8-9)10-4-2-3-5-12(10)14-13;1-2-4-5-3-1;1-2-3/h2*4-27H,1-3H3;2-11H,1H3;2-8,14H,1H3;1-4H2;3H. The number of H-pyrrole nitrogens is 1. The van der Waals surface area contributed by atoms with Gasteiger partial charge in [0.25, 0.3) is 0 Å². The summed E-state index contributed by atoms with van der Waals surface area (Å²) in [6.45, 7) is 19.2. The summed E-state index contributed by atoms with van der Waals surface area (Å²) in [6.07, 6.45) is 2.56. The van der Waals surface area contributed by atoms with Crippen molar-refractivity contribution in [1.29, 1.82) is 0 Å². The monoisotopic (exact) mass is 1950 g/mol. The van der Waals surface area contributed by atoms with Crippen molar-refractivity contribution in [3.8, 4) is 39.8 Å². The van der Waals surface area contributed by atoms with Gasteiger partial charge in [0.1, 0.15) is 0 Å². The van der Waals surface area contributed by atoms with E-state index in [0.29, 0.717) is 0 Å². The van der Waals surface area contributed by atoms with Gasteiger partial charge in [-0.15, -0.1) is 0 Å². The van der Waals surface area contributed by atoms with Gasteiger partial charge in [0.05, 0.1) is 77.2 Å². The van der Waals surface area contributed by atoms with E-state index in [2.05, 4.69) is 543 Å². The van der Waals surface area contributed by atoms with Gasteiger partial charge in [0, 0.05) is 159 Å². The number of nitrogens with zero attached hydrogens (tertiary/aromatic N) is 8. The molecule has 14 heteroatoms. The van der Waals surface area contributed by atoms with Crippen molar-refractivity contribution in [2.45, 2.75) is 68.2 Å². The molecule has 0 saturated carbocycles. The van der Waals surface area contributed by atoms with Crippen LogP contribution < -0.4 is 0 Å². The van der Waals surface area contributed by atoms with Crippen LogP contribution in [0.1, 0.15) is 57.3 Å². The van der Waals surface area contributed by atoms with Gasteiger partial charge < -0.3 is 41.7 Å². The van der Waals surface area contributed by atoms with E-state index < -0.39 is 0 Å². The summed E-state index contributed by atoms with van der Waals surface area (Å²) in [4.78, 5) is 3.41. The first kappa shape index (κ1) is 88.7. The Bertz CT molecular complexity index is 8770. The van der Waals surface area contributed by atoms with Crippen molar-refractivity contribution in [3.05, 3.63) is 448 Å². The van der Waals surface area contributed by atoms with Crippen LogP contribution in [0.15, 0.2) is 408 Å². The normalized spacial score (nSPS) is 12.1. The second-order valence-electron chi connectivity index (χ2n) is 37.3. The van der Waals surface area contributed by atoms with E-state index in [-0.39, 0.29) is 0 Å². The molecule has 677 valence electrons. The van der Waals surface area contributed by atoms with Crippen LogP contribution in [0.25, 0.3) is 214 Å². The van der Waals surface area contributed by atoms with E-state index in [1.165, 1.54) is 272 Å². The Kier molecular flexibility index (Phi) is 23.4. The molecule has 9 heterocycles. The Hall–Kier alpha value is -15.3. The zero-order valence-corrected chi connectivity index (χ0v) is 83.2. The third-order valence-corrected chi connectivity index (χ3v) is 28.9. The Morgan fingerprint density at radius 1 is 0.214 bits per heavy atom. The molecule has 1 aliphatic heterocycles. The summed E-state index contributed by atoms with van der Waals surface area (Å²) in [5, 5.41) is 20.4. The molecule has 8 aromatic heterocycles. The zero-order valence-electron chi connectivity index (χ0n) is 79.1. The van der Waals surface area contributed by atoms with Gasteiger partial charge in [-0.1, -0.05) is 234 Å². The van der Waals surface area contributed by atoms with Gasteiger partial charge in [0.15, 0.2) is 0 Å². The van der Waals surface area contributed by atoms with Crippen LogP contribution in [0.5, 0.6) is 0 Å². The zero-order chi connectivity index (χ0) is 95.2. The van der Waals surface area contributed by atoms with Crippen molar-refractivity contribution in [3.63, 3.8) is 0 Å². The molecule has 1 saturated heterocycles. The van der Waals surface area contributed by atoms with Crippen LogP contribution in [0, 0.1) is 55.4 Å². The summed E-state index contributed by atoms with van der Waals surface area (Å²) in [6, 6.07) is 145. The third-order valence-electron chi connectivity index (χ3n) is 27.9. The van der Waals surface area contributed by atoms with Crippen molar-refractivity contribution in [1.82, 2.24) is 37.0 Å². The van der Waals surface area contributed by atoms with Crippen LogP contribution in [0.2, 0.25) is 0 Å². The second-order valence-corrected chi connectivity index (χ2v) is 39.4. The molecule has 0 amide bonds. The average Bonchev–Trinajstić information content (AvgIpc) is 1.56. The molecule has 0 atom stereocenters. The molecule has 0 aliphatic carbocycles. The molecule has 140 heavy (non-hydrogen) atoms. The van der Waals surface area contributed by atoms with Gasteiger partial charge in [0.2, 0.25) is 0 Å². The first-order valence-corrected chi connectivity index (χ1v) is 49.8. The predicted octanol–water partition coefficient (Wildman–Crippen LogP) is 35.0. The number of hydrogen-bond acceptors (Lipinski definition) is 3. The van der Waals surface area contributed by atoms with Crippen LogP contribution in [0.4, 0.5) is 0 Å². The number of halogens is 2. The molecule has 0 bridgehead atoms. The van der Waals surface area contributed by atoms with Crippen molar-refractivity contribution >= 4 is 227 Å². The minimum atomic E-state index is 1.00. The van der Waals surface area contributed by atoms with E-state index in [4.69, 9.17) is 4.74 Å². The maximum absolute atomic E-state index is 4.94. The number of nitrogens with one attached hydrogen (secondary N) is 1. The average molecular weight is 1960 g/mol. The fraction of sp³-hybridized carbons (Fsp3) is 0.0952. The van der Waals surface area contributed by atoms with E-state index >= 15 is 0 Å². The molecular formula is C126H99BBr2N9OS. The van der Waals surface area contributed by atoms with Crippen molar-refractivity contribution < 1.29 is 4.74 Å². The third kappa shape index (κ3) is 15.9. The molecule has 0 spiro atoms. The molecule has 1 aliphatic rings. The minimum absolute atomic E-state index is 1.00. The maximum atomic E-state index is 4.94. The number of ether oxygens (including phenoxy) is 1. The number of rotatable bonds is 7. The Balaban J connectivity index is 0.000000110. The number of para-hydroxylation sites is 5. The Morgan fingerprint density at radius 3 is 0.700 bits per heavy atom. The summed E-state index contributed by atoms with van der Waals surface area (Å²) in [5.74, 6) is 0. The number of aromatic nitrogens is 8. The van der Waals surface area contributed by atoms with Gasteiger partial charge in [-0.3, -0.25) is 0 Å². The molecule has 1 fully saturated rings. The molecule has 27 aromatic rings. The molecule has 1 radical (unpaired) electrons. The summed E-state index contributed by atoms with van der Waals surface area (Å²) in [7, 11) is 4.34.